The Bertz CT molecular complexity index is 463. The first-order valence-corrected chi connectivity index (χ1v) is 6.67. The zero-order chi connectivity index (χ0) is 13.4. The van der Waals surface area contributed by atoms with Gasteiger partial charge in [-0.25, -0.2) is 0 Å². The predicted molar refractivity (Wildman–Crippen MR) is 70.8 cm³/mol. The van der Waals surface area contributed by atoms with Gasteiger partial charge in [0.1, 0.15) is 0 Å². The van der Waals surface area contributed by atoms with E-state index >= 15 is 0 Å². The second-order valence-corrected chi connectivity index (χ2v) is 5.48. The monoisotopic (exact) mass is 261 g/mol. The van der Waals surface area contributed by atoms with Crippen LogP contribution >= 0.6 is 0 Å². The van der Waals surface area contributed by atoms with E-state index < -0.39 is 0 Å². The maximum Gasteiger partial charge on any atom is 0.251 e. The van der Waals surface area contributed by atoms with Crippen LogP contribution in [0.1, 0.15) is 16.8 Å². The molecule has 1 amide bonds. The predicted octanol–water partition coefficient (Wildman–Crippen LogP) is 0.529. The van der Waals surface area contributed by atoms with E-state index in [1.165, 1.54) is 0 Å². The number of nitrogens with one attached hydrogen (secondary N) is 1. The summed E-state index contributed by atoms with van der Waals surface area (Å²) in [5, 5.41) is 3.15. The van der Waals surface area contributed by atoms with Crippen LogP contribution in [0.25, 0.3) is 0 Å². The smallest absolute Gasteiger partial charge is 0.251 e. The molecule has 2 aliphatic rings. The highest BCUT2D eigenvalue weighted by molar-refractivity contribution is 5.94. The first-order chi connectivity index (χ1) is 9.18. The second kappa shape index (κ2) is 4.90. The highest BCUT2D eigenvalue weighted by Gasteiger charge is 2.55. The topological polar surface area (TPSA) is 54.5 Å². The Morgan fingerprint density at radius 1 is 1.42 bits per heavy atom. The number of pyridine rings is 1. The Morgan fingerprint density at radius 3 is 2.84 bits per heavy atom. The highest BCUT2D eigenvalue weighted by Crippen LogP contribution is 2.41. The molecule has 1 aromatic heterocycles. The number of rotatable bonds is 3. The fraction of sp³-hybridized carbons (Fsp3) is 0.571. The molecule has 1 saturated heterocycles. The number of carbonyl (C=O) groups is 1. The van der Waals surface area contributed by atoms with Crippen molar-refractivity contribution in [3.63, 3.8) is 0 Å². The Hall–Kier alpha value is -1.46. The van der Waals surface area contributed by atoms with Crippen LogP contribution in [0.2, 0.25) is 0 Å². The zero-order valence-corrected chi connectivity index (χ0v) is 11.2. The Labute approximate surface area is 113 Å². The first kappa shape index (κ1) is 12.6. The summed E-state index contributed by atoms with van der Waals surface area (Å²) >= 11 is 0. The van der Waals surface area contributed by atoms with E-state index in [0.717, 1.165) is 13.0 Å². The number of aromatic nitrogens is 1. The van der Waals surface area contributed by atoms with Gasteiger partial charge in [-0.15, -0.1) is 0 Å². The number of amides is 1. The lowest BCUT2D eigenvalue weighted by Gasteiger charge is -2.50. The van der Waals surface area contributed by atoms with Gasteiger partial charge in [0.05, 0.1) is 18.2 Å². The van der Waals surface area contributed by atoms with Gasteiger partial charge in [-0.2, -0.15) is 0 Å². The molecule has 0 bridgehead atoms. The van der Waals surface area contributed by atoms with Crippen molar-refractivity contribution < 1.29 is 9.53 Å². The molecule has 0 spiro atoms. The molecule has 0 radical (unpaired) electrons. The summed E-state index contributed by atoms with van der Waals surface area (Å²) in [5.74, 6) is 0.433. The van der Waals surface area contributed by atoms with Gasteiger partial charge in [-0.3, -0.25) is 9.78 Å². The molecule has 1 aliphatic heterocycles. The van der Waals surface area contributed by atoms with Crippen molar-refractivity contribution in [3.05, 3.63) is 30.1 Å². The van der Waals surface area contributed by atoms with Crippen molar-refractivity contribution in [3.8, 4) is 0 Å². The van der Waals surface area contributed by atoms with E-state index in [1.54, 1.807) is 24.5 Å². The molecule has 2 heterocycles. The summed E-state index contributed by atoms with van der Waals surface area (Å²) in [7, 11) is 4.07. The lowest BCUT2D eigenvalue weighted by atomic mass is 9.71. The number of fused-ring (bicyclic) bond motifs is 1. The number of carbonyl (C=O) groups excluding carboxylic acids is 1. The van der Waals surface area contributed by atoms with E-state index in [2.05, 4.69) is 15.2 Å². The van der Waals surface area contributed by atoms with Gasteiger partial charge in [-0.1, -0.05) is 0 Å². The fourth-order valence-corrected chi connectivity index (χ4v) is 3.22. The van der Waals surface area contributed by atoms with Crippen molar-refractivity contribution in [2.75, 3.05) is 20.7 Å². The molecule has 1 aliphatic carbocycles. The number of hydrogen-bond donors (Lipinski definition) is 1. The summed E-state index contributed by atoms with van der Waals surface area (Å²) in [5.41, 5.74) is 0.662. The SMILES string of the molecule is CN(C)[C@@H]1[C@@H](NC(=O)c2ccncc2)[C@H]2CCO[C@H]21. The summed E-state index contributed by atoms with van der Waals surface area (Å²) in [6.07, 6.45) is 4.59. The number of likely N-dealkylation sites (N-methyl/N-ethyl adjacent to an activating group) is 1. The minimum atomic E-state index is -0.0235. The van der Waals surface area contributed by atoms with Crippen LogP contribution in [-0.4, -0.2) is 54.7 Å². The van der Waals surface area contributed by atoms with E-state index in [-0.39, 0.29) is 24.1 Å². The maximum atomic E-state index is 12.2. The van der Waals surface area contributed by atoms with Gasteiger partial charge >= 0.3 is 0 Å². The molecule has 5 heteroatoms. The molecular formula is C14H19N3O2. The average Bonchev–Trinajstić information content (AvgIpc) is 2.80. The van der Waals surface area contributed by atoms with Crippen LogP contribution in [-0.2, 0) is 4.74 Å². The van der Waals surface area contributed by atoms with Crippen LogP contribution in [0.5, 0.6) is 0 Å². The average molecular weight is 261 g/mol. The van der Waals surface area contributed by atoms with Gasteiger partial charge in [0.15, 0.2) is 0 Å². The lowest BCUT2D eigenvalue weighted by molar-refractivity contribution is -0.0664. The van der Waals surface area contributed by atoms with Gasteiger partial charge in [0, 0.05) is 30.5 Å². The van der Waals surface area contributed by atoms with Crippen molar-refractivity contribution in [2.24, 2.45) is 5.92 Å². The molecule has 19 heavy (non-hydrogen) atoms. The summed E-state index contributed by atoms with van der Waals surface area (Å²) in [4.78, 5) is 18.3. The van der Waals surface area contributed by atoms with Crippen molar-refractivity contribution in [2.45, 2.75) is 24.6 Å². The standard InChI is InChI=1S/C14H19N3O2/c1-17(2)12-11(10-5-8-19-13(10)12)16-14(18)9-3-6-15-7-4-9/h3-4,6-7,10-13H,5,8H2,1-2H3,(H,16,18)/t10-,11+,12-,13-/m1/s1. The molecule has 3 rings (SSSR count). The Balaban J connectivity index is 1.70. The van der Waals surface area contributed by atoms with Crippen LogP contribution in [0.15, 0.2) is 24.5 Å². The molecule has 5 nitrogen and oxygen atoms in total. The second-order valence-electron chi connectivity index (χ2n) is 5.48. The van der Waals surface area contributed by atoms with Crippen molar-refractivity contribution in [1.82, 2.24) is 15.2 Å². The molecule has 1 aromatic rings. The third kappa shape index (κ3) is 2.13. The van der Waals surface area contributed by atoms with Crippen molar-refractivity contribution >= 4 is 5.91 Å². The quantitative estimate of drug-likeness (QED) is 0.862. The molecule has 4 atom stereocenters. The van der Waals surface area contributed by atoms with Crippen LogP contribution < -0.4 is 5.32 Å². The number of nitrogens with zero attached hydrogens (tertiary/aromatic N) is 2. The minimum Gasteiger partial charge on any atom is -0.376 e. The van der Waals surface area contributed by atoms with E-state index in [4.69, 9.17) is 4.74 Å². The number of ether oxygens (including phenoxy) is 1. The molecule has 102 valence electrons. The molecular weight excluding hydrogens is 242 g/mol. The van der Waals surface area contributed by atoms with Crippen LogP contribution in [0.3, 0.4) is 0 Å². The molecule has 1 saturated carbocycles. The van der Waals surface area contributed by atoms with E-state index in [0.29, 0.717) is 11.5 Å². The van der Waals surface area contributed by atoms with E-state index in [9.17, 15) is 4.79 Å². The maximum absolute atomic E-state index is 12.2. The molecule has 2 fully saturated rings. The summed E-state index contributed by atoms with van der Waals surface area (Å²) in [6, 6.07) is 3.93. The van der Waals surface area contributed by atoms with Crippen LogP contribution in [0.4, 0.5) is 0 Å². The highest BCUT2D eigenvalue weighted by atomic mass is 16.5. The van der Waals surface area contributed by atoms with Gasteiger partial charge in [-0.05, 0) is 32.6 Å². The Kier molecular flexibility index (Phi) is 3.24. The normalized spacial score (nSPS) is 32.8. The van der Waals surface area contributed by atoms with Crippen molar-refractivity contribution in [1.29, 1.82) is 0 Å². The summed E-state index contributed by atoms with van der Waals surface area (Å²) in [6.45, 7) is 0.807. The Morgan fingerprint density at radius 2 is 2.16 bits per heavy atom. The molecule has 1 N–H and O–H groups in total. The third-order valence-corrected chi connectivity index (χ3v) is 4.19. The summed E-state index contributed by atoms with van der Waals surface area (Å²) < 4.78 is 5.74. The fourth-order valence-electron chi connectivity index (χ4n) is 3.22. The largest absolute Gasteiger partial charge is 0.376 e. The zero-order valence-electron chi connectivity index (χ0n) is 11.2. The lowest BCUT2D eigenvalue weighted by Crippen LogP contribution is -2.69. The van der Waals surface area contributed by atoms with Gasteiger partial charge in [0.25, 0.3) is 5.91 Å². The van der Waals surface area contributed by atoms with Gasteiger partial charge < -0.3 is 15.0 Å². The number of hydrogen-bond acceptors (Lipinski definition) is 4. The molecule has 0 unspecified atom stereocenters. The van der Waals surface area contributed by atoms with Gasteiger partial charge in [0.2, 0.25) is 0 Å². The van der Waals surface area contributed by atoms with Crippen LogP contribution in [0, 0.1) is 5.92 Å². The molecule has 0 aromatic carbocycles. The first-order valence-electron chi connectivity index (χ1n) is 6.67. The third-order valence-electron chi connectivity index (χ3n) is 4.19. The minimum absolute atomic E-state index is 0.0235. The van der Waals surface area contributed by atoms with E-state index in [1.807, 2.05) is 14.1 Å².